The highest BCUT2D eigenvalue weighted by atomic mass is 15.2. The van der Waals surface area contributed by atoms with Gasteiger partial charge in [-0.3, -0.25) is 0 Å². The lowest BCUT2D eigenvalue weighted by Gasteiger charge is -2.28. The zero-order valence-corrected chi connectivity index (χ0v) is 25.7. The highest BCUT2D eigenvalue weighted by molar-refractivity contribution is 6.32. The van der Waals surface area contributed by atoms with Crippen molar-refractivity contribution in [2.24, 2.45) is 0 Å². The minimum absolute atomic E-state index is 1.13. The Morgan fingerprint density at radius 1 is 0.381 bits per heavy atom. The van der Waals surface area contributed by atoms with Crippen LogP contribution in [0.1, 0.15) is 50.7 Å². The molecule has 0 aromatic heterocycles. The van der Waals surface area contributed by atoms with Crippen LogP contribution in [0.5, 0.6) is 0 Å². The molecule has 2 nitrogen and oxygen atoms in total. The number of unbranched alkanes of at least 4 members (excludes halogenated alkanes) is 2. The largest absolute Gasteiger partial charge is 0.311 e. The van der Waals surface area contributed by atoms with Crippen LogP contribution < -0.4 is 20.7 Å². The Bertz CT molecular complexity index is 1410. The summed E-state index contributed by atoms with van der Waals surface area (Å²) in [5, 5.41) is 0. The first-order chi connectivity index (χ1) is 20.6. The molecule has 5 rings (SSSR count). The van der Waals surface area contributed by atoms with Gasteiger partial charge in [-0.15, -0.1) is 0 Å². The van der Waals surface area contributed by atoms with Gasteiger partial charge in [-0.25, -0.2) is 0 Å². The second kappa shape index (κ2) is 14.1. The SMILES string of the molecule is Bc1ccc(N(c2ccc(CCCC)cc2)c2ccc(N(c3ccc(B)cc3)c3ccc(CCCC)cc3)cc2)cc1. The Labute approximate surface area is 254 Å². The number of hydrogen-bond acceptors (Lipinski definition) is 2. The summed E-state index contributed by atoms with van der Waals surface area (Å²) in [5.74, 6) is 0. The van der Waals surface area contributed by atoms with Crippen LogP contribution in [0.25, 0.3) is 0 Å². The van der Waals surface area contributed by atoms with Crippen LogP contribution in [0.15, 0.2) is 121 Å². The Hall–Kier alpha value is -4.17. The van der Waals surface area contributed by atoms with E-state index in [4.69, 9.17) is 0 Å². The van der Waals surface area contributed by atoms with Crippen molar-refractivity contribution in [3.8, 4) is 0 Å². The quantitative estimate of drug-likeness (QED) is 0.147. The maximum Gasteiger partial charge on any atom is 0.139 e. The van der Waals surface area contributed by atoms with E-state index < -0.39 is 0 Å². The smallest absolute Gasteiger partial charge is 0.139 e. The summed E-state index contributed by atoms with van der Waals surface area (Å²) in [7, 11) is 4.28. The lowest BCUT2D eigenvalue weighted by atomic mass is 9.96. The van der Waals surface area contributed by atoms with E-state index in [9.17, 15) is 0 Å². The van der Waals surface area contributed by atoms with Gasteiger partial charge < -0.3 is 9.80 Å². The van der Waals surface area contributed by atoms with Gasteiger partial charge in [0.05, 0.1) is 0 Å². The topological polar surface area (TPSA) is 6.48 Å². The van der Waals surface area contributed by atoms with Crippen molar-refractivity contribution >= 4 is 60.7 Å². The van der Waals surface area contributed by atoms with Crippen LogP contribution in [-0.4, -0.2) is 15.7 Å². The van der Waals surface area contributed by atoms with Crippen molar-refractivity contribution in [2.75, 3.05) is 9.80 Å². The van der Waals surface area contributed by atoms with Crippen molar-refractivity contribution in [1.29, 1.82) is 0 Å². The standard InChI is InChI=1S/C38H42B2N2/c1-3-5-7-29-9-17-33(18-10-29)41(35-21-13-31(39)14-22-35)37-25-27-38(28-26-37)42(36-23-15-32(40)16-24-36)34-19-11-30(12-20-34)8-6-4-2/h9-28H,3-8,39-40H2,1-2H3. The summed E-state index contributed by atoms with van der Waals surface area (Å²) in [6.45, 7) is 4.50. The molecular weight excluding hydrogens is 506 g/mol. The molecule has 5 aromatic carbocycles. The third-order valence-electron chi connectivity index (χ3n) is 7.98. The van der Waals surface area contributed by atoms with Crippen LogP contribution in [0, 0.1) is 0 Å². The van der Waals surface area contributed by atoms with E-state index >= 15 is 0 Å². The second-order valence-corrected chi connectivity index (χ2v) is 11.4. The highest BCUT2D eigenvalue weighted by Gasteiger charge is 2.16. The fourth-order valence-electron chi connectivity index (χ4n) is 5.42. The molecule has 0 aliphatic rings. The zero-order chi connectivity index (χ0) is 29.3. The second-order valence-electron chi connectivity index (χ2n) is 11.4. The van der Waals surface area contributed by atoms with Gasteiger partial charge in [0.15, 0.2) is 0 Å². The Balaban J connectivity index is 1.51. The molecule has 0 saturated carbocycles. The molecular formula is C38H42B2N2. The zero-order valence-electron chi connectivity index (χ0n) is 25.7. The van der Waals surface area contributed by atoms with Crippen LogP contribution in [0.4, 0.5) is 34.1 Å². The Morgan fingerprint density at radius 2 is 0.619 bits per heavy atom. The molecule has 0 spiro atoms. The molecule has 0 N–H and O–H groups in total. The summed E-state index contributed by atoms with van der Waals surface area (Å²) in [4.78, 5) is 4.71. The Morgan fingerprint density at radius 3 is 0.881 bits per heavy atom. The van der Waals surface area contributed by atoms with Crippen molar-refractivity contribution < 1.29 is 0 Å². The maximum atomic E-state index is 2.35. The van der Waals surface area contributed by atoms with Crippen LogP contribution >= 0.6 is 0 Å². The van der Waals surface area contributed by atoms with Gasteiger partial charge in [0.2, 0.25) is 0 Å². The average molecular weight is 548 g/mol. The number of anilines is 6. The number of aryl methyl sites for hydroxylation is 2. The third-order valence-corrected chi connectivity index (χ3v) is 7.98. The average Bonchev–Trinajstić information content (AvgIpc) is 3.03. The van der Waals surface area contributed by atoms with Gasteiger partial charge in [0, 0.05) is 34.1 Å². The highest BCUT2D eigenvalue weighted by Crippen LogP contribution is 2.38. The van der Waals surface area contributed by atoms with Gasteiger partial charge in [-0.1, -0.05) is 86.1 Å². The summed E-state index contributed by atoms with van der Waals surface area (Å²) in [6.07, 6.45) is 7.14. The van der Waals surface area contributed by atoms with Crippen LogP contribution in [0.3, 0.4) is 0 Å². The lowest BCUT2D eigenvalue weighted by Crippen LogP contribution is -2.13. The molecule has 0 amide bonds. The summed E-state index contributed by atoms with van der Waals surface area (Å²) in [6, 6.07) is 44.8. The molecule has 0 aliphatic heterocycles. The van der Waals surface area contributed by atoms with E-state index in [0.29, 0.717) is 0 Å². The van der Waals surface area contributed by atoms with Crippen LogP contribution in [0.2, 0.25) is 0 Å². The normalized spacial score (nSPS) is 10.9. The molecule has 0 atom stereocenters. The third kappa shape index (κ3) is 7.18. The fourth-order valence-corrected chi connectivity index (χ4v) is 5.42. The van der Waals surface area contributed by atoms with Crippen molar-refractivity contribution in [3.05, 3.63) is 132 Å². The minimum atomic E-state index is 1.13. The van der Waals surface area contributed by atoms with Gasteiger partial charge in [-0.05, 0) is 110 Å². The molecule has 0 unspecified atom stereocenters. The lowest BCUT2D eigenvalue weighted by molar-refractivity contribution is 0.795. The molecule has 4 heteroatoms. The predicted molar refractivity (Wildman–Crippen MR) is 189 cm³/mol. The molecule has 42 heavy (non-hydrogen) atoms. The first kappa shape index (κ1) is 29.3. The van der Waals surface area contributed by atoms with E-state index in [1.807, 2.05) is 0 Å². The van der Waals surface area contributed by atoms with E-state index in [1.54, 1.807) is 0 Å². The minimum Gasteiger partial charge on any atom is -0.311 e. The van der Waals surface area contributed by atoms with Crippen LogP contribution in [-0.2, 0) is 12.8 Å². The molecule has 0 saturated heterocycles. The van der Waals surface area contributed by atoms with E-state index in [1.165, 1.54) is 59.1 Å². The maximum absolute atomic E-state index is 2.35. The van der Waals surface area contributed by atoms with Gasteiger partial charge in [0.25, 0.3) is 0 Å². The fraction of sp³-hybridized carbons (Fsp3) is 0.211. The van der Waals surface area contributed by atoms with E-state index in [2.05, 4.69) is 161 Å². The molecule has 0 bridgehead atoms. The number of hydrogen-bond donors (Lipinski definition) is 0. The predicted octanol–water partition coefficient (Wildman–Crippen LogP) is 7.83. The first-order valence-electron chi connectivity index (χ1n) is 15.6. The van der Waals surface area contributed by atoms with Crippen molar-refractivity contribution in [3.63, 3.8) is 0 Å². The van der Waals surface area contributed by atoms with Crippen molar-refractivity contribution in [2.45, 2.75) is 52.4 Å². The summed E-state index contributed by atoms with van der Waals surface area (Å²) >= 11 is 0. The molecule has 0 heterocycles. The Kier molecular flexibility index (Phi) is 9.87. The number of nitrogens with zero attached hydrogens (tertiary/aromatic N) is 2. The monoisotopic (exact) mass is 548 g/mol. The molecule has 0 aliphatic carbocycles. The van der Waals surface area contributed by atoms with Crippen molar-refractivity contribution in [1.82, 2.24) is 0 Å². The molecule has 0 fully saturated rings. The summed E-state index contributed by atoms with van der Waals surface area (Å²) in [5.41, 5.74) is 12.3. The number of benzene rings is 5. The summed E-state index contributed by atoms with van der Waals surface area (Å²) < 4.78 is 0. The number of rotatable bonds is 12. The van der Waals surface area contributed by atoms with Gasteiger partial charge in [-0.2, -0.15) is 0 Å². The van der Waals surface area contributed by atoms with Gasteiger partial charge >= 0.3 is 0 Å². The van der Waals surface area contributed by atoms with E-state index in [-0.39, 0.29) is 0 Å². The molecule has 0 radical (unpaired) electrons. The molecule has 210 valence electrons. The first-order valence-corrected chi connectivity index (χ1v) is 15.6. The van der Waals surface area contributed by atoms with Gasteiger partial charge in [0.1, 0.15) is 15.7 Å². The van der Waals surface area contributed by atoms with E-state index in [0.717, 1.165) is 35.6 Å². The molecule has 5 aromatic rings.